The number of anilines is 2. The molecule has 1 unspecified atom stereocenters. The zero-order chi connectivity index (χ0) is 23.5. The van der Waals surface area contributed by atoms with E-state index in [0.29, 0.717) is 24.2 Å². The van der Waals surface area contributed by atoms with Crippen LogP contribution in [0.3, 0.4) is 0 Å². The van der Waals surface area contributed by atoms with E-state index in [2.05, 4.69) is 10.6 Å². The highest BCUT2D eigenvalue weighted by Gasteiger charge is 2.37. The molecular formula is C27H33N3O3. The van der Waals surface area contributed by atoms with E-state index in [9.17, 15) is 14.4 Å². The summed E-state index contributed by atoms with van der Waals surface area (Å²) in [4.78, 5) is 40.2. The van der Waals surface area contributed by atoms with Crippen LogP contribution in [0.15, 0.2) is 36.4 Å². The smallest absolute Gasteiger partial charge is 0.251 e. The highest BCUT2D eigenvalue weighted by Crippen LogP contribution is 2.28. The molecule has 1 aliphatic heterocycles. The highest BCUT2D eigenvalue weighted by atomic mass is 16.2. The Morgan fingerprint density at radius 3 is 2.33 bits per heavy atom. The number of nitrogens with zero attached hydrogens (tertiary/aromatic N) is 1. The van der Waals surface area contributed by atoms with Gasteiger partial charge in [-0.15, -0.1) is 0 Å². The van der Waals surface area contributed by atoms with Gasteiger partial charge < -0.3 is 15.5 Å². The lowest BCUT2D eigenvalue weighted by Gasteiger charge is -2.23. The van der Waals surface area contributed by atoms with E-state index < -0.39 is 5.92 Å². The second-order valence-corrected chi connectivity index (χ2v) is 9.43. The lowest BCUT2D eigenvalue weighted by atomic mass is 9.95. The molecule has 2 fully saturated rings. The number of hydrogen-bond acceptors (Lipinski definition) is 3. The molecule has 6 heteroatoms. The molecule has 2 N–H and O–H groups in total. The Morgan fingerprint density at radius 2 is 1.64 bits per heavy atom. The topological polar surface area (TPSA) is 78.5 Å². The van der Waals surface area contributed by atoms with E-state index in [4.69, 9.17) is 0 Å². The van der Waals surface area contributed by atoms with Crippen LogP contribution in [0.1, 0.15) is 65.6 Å². The Labute approximate surface area is 195 Å². The van der Waals surface area contributed by atoms with Crippen LogP contribution >= 0.6 is 0 Å². The third kappa shape index (κ3) is 5.10. The fraction of sp³-hybridized carbons (Fsp3) is 0.444. The Balaban J connectivity index is 1.39. The summed E-state index contributed by atoms with van der Waals surface area (Å²) in [6.07, 6.45) is 6.12. The minimum Gasteiger partial charge on any atom is -0.349 e. The van der Waals surface area contributed by atoms with Crippen LogP contribution in [-0.4, -0.2) is 30.3 Å². The normalized spacial score (nSPS) is 18.9. The van der Waals surface area contributed by atoms with Gasteiger partial charge in [0, 0.05) is 29.5 Å². The number of amides is 3. The van der Waals surface area contributed by atoms with E-state index in [1.807, 2.05) is 39.0 Å². The van der Waals surface area contributed by atoms with Crippen molar-refractivity contribution in [2.24, 2.45) is 5.92 Å². The Hall–Kier alpha value is -3.15. The summed E-state index contributed by atoms with van der Waals surface area (Å²) >= 11 is 0. The van der Waals surface area contributed by atoms with Crippen molar-refractivity contribution in [2.75, 3.05) is 16.8 Å². The third-order valence-electron chi connectivity index (χ3n) is 7.01. The molecule has 1 saturated heterocycles. The van der Waals surface area contributed by atoms with Gasteiger partial charge in [0.1, 0.15) is 5.92 Å². The zero-order valence-electron chi connectivity index (χ0n) is 19.7. The first-order chi connectivity index (χ1) is 15.8. The molecule has 33 heavy (non-hydrogen) atoms. The summed E-state index contributed by atoms with van der Waals surface area (Å²) in [6.45, 7) is 6.45. The molecule has 2 aliphatic rings. The van der Waals surface area contributed by atoms with Crippen molar-refractivity contribution in [3.05, 3.63) is 58.7 Å². The van der Waals surface area contributed by atoms with Gasteiger partial charge in [-0.1, -0.05) is 25.3 Å². The second kappa shape index (κ2) is 9.77. The monoisotopic (exact) mass is 447 g/mol. The summed E-state index contributed by atoms with van der Waals surface area (Å²) in [5, 5.41) is 6.03. The van der Waals surface area contributed by atoms with Crippen molar-refractivity contribution in [3.8, 4) is 0 Å². The lowest BCUT2D eigenvalue weighted by molar-refractivity contribution is -0.129. The number of rotatable bonds is 5. The Morgan fingerprint density at radius 1 is 0.879 bits per heavy atom. The molecule has 4 rings (SSSR count). The van der Waals surface area contributed by atoms with Gasteiger partial charge in [0.15, 0.2) is 0 Å². The molecular weight excluding hydrogens is 414 g/mol. The zero-order valence-corrected chi connectivity index (χ0v) is 19.7. The van der Waals surface area contributed by atoms with Gasteiger partial charge in [-0.25, -0.2) is 0 Å². The highest BCUT2D eigenvalue weighted by molar-refractivity contribution is 6.13. The van der Waals surface area contributed by atoms with Crippen LogP contribution in [-0.2, 0) is 9.59 Å². The first-order valence-electron chi connectivity index (χ1n) is 11.9. The van der Waals surface area contributed by atoms with Crippen LogP contribution < -0.4 is 15.5 Å². The summed E-state index contributed by atoms with van der Waals surface area (Å²) in [7, 11) is 0. The van der Waals surface area contributed by atoms with Crippen LogP contribution in [0.5, 0.6) is 0 Å². The predicted octanol–water partition coefficient (Wildman–Crippen LogP) is 4.67. The molecule has 1 heterocycles. The van der Waals surface area contributed by atoms with E-state index >= 15 is 0 Å². The Bertz CT molecular complexity index is 1070. The first kappa shape index (κ1) is 23.0. The molecule has 3 amide bonds. The van der Waals surface area contributed by atoms with E-state index in [1.165, 1.54) is 12.0 Å². The molecule has 2 aromatic rings. The molecule has 0 radical (unpaired) electrons. The summed E-state index contributed by atoms with van der Waals surface area (Å²) in [5.74, 6) is -1.25. The van der Waals surface area contributed by atoms with Crippen molar-refractivity contribution in [2.45, 2.75) is 65.3 Å². The van der Waals surface area contributed by atoms with Gasteiger partial charge in [0.05, 0.1) is 0 Å². The number of aryl methyl sites for hydroxylation is 3. The number of carbonyl (C=O) groups excluding carboxylic acids is 3. The average molecular weight is 448 g/mol. The van der Waals surface area contributed by atoms with Crippen LogP contribution in [0.2, 0.25) is 0 Å². The number of hydrogen-bond donors (Lipinski definition) is 2. The molecule has 0 aromatic heterocycles. The summed E-state index contributed by atoms with van der Waals surface area (Å²) in [5.41, 5.74) is 5.15. The maximum atomic E-state index is 13.0. The molecule has 2 aromatic carbocycles. The number of benzene rings is 2. The molecule has 1 aliphatic carbocycles. The summed E-state index contributed by atoms with van der Waals surface area (Å²) in [6, 6.07) is 11.5. The van der Waals surface area contributed by atoms with Crippen molar-refractivity contribution in [1.82, 2.24) is 5.32 Å². The molecule has 174 valence electrons. The molecule has 0 bridgehead atoms. The minimum absolute atomic E-state index is 0.0714. The van der Waals surface area contributed by atoms with Gasteiger partial charge in [-0.3, -0.25) is 14.4 Å². The van der Waals surface area contributed by atoms with Crippen LogP contribution in [0.25, 0.3) is 0 Å². The van der Waals surface area contributed by atoms with Gasteiger partial charge in [-0.2, -0.15) is 0 Å². The maximum absolute atomic E-state index is 13.0. The number of nitrogens with one attached hydrogen (secondary N) is 2. The quantitative estimate of drug-likeness (QED) is 0.654. The van der Waals surface area contributed by atoms with E-state index in [-0.39, 0.29) is 23.8 Å². The van der Waals surface area contributed by atoms with Gasteiger partial charge in [0.25, 0.3) is 5.91 Å². The average Bonchev–Trinajstić information content (AvgIpc) is 3.19. The SMILES string of the molecule is Cc1ccc(N2CCC(C(=O)Nc3ccc(C(=O)NC4CCCCC4)cc3C)C2=O)cc1C. The molecule has 0 spiro atoms. The van der Waals surface area contributed by atoms with Crippen molar-refractivity contribution in [3.63, 3.8) is 0 Å². The summed E-state index contributed by atoms with van der Waals surface area (Å²) < 4.78 is 0. The Kier molecular flexibility index (Phi) is 6.82. The van der Waals surface area contributed by atoms with E-state index in [1.54, 1.807) is 23.1 Å². The van der Waals surface area contributed by atoms with Crippen molar-refractivity contribution < 1.29 is 14.4 Å². The van der Waals surface area contributed by atoms with Gasteiger partial charge >= 0.3 is 0 Å². The minimum atomic E-state index is -0.708. The lowest BCUT2D eigenvalue weighted by Crippen LogP contribution is -2.36. The largest absolute Gasteiger partial charge is 0.349 e. The number of carbonyl (C=O) groups is 3. The fourth-order valence-corrected chi connectivity index (χ4v) is 4.75. The maximum Gasteiger partial charge on any atom is 0.251 e. The van der Waals surface area contributed by atoms with Crippen molar-refractivity contribution in [1.29, 1.82) is 0 Å². The van der Waals surface area contributed by atoms with E-state index in [0.717, 1.165) is 42.5 Å². The molecule has 1 atom stereocenters. The molecule has 6 nitrogen and oxygen atoms in total. The fourth-order valence-electron chi connectivity index (χ4n) is 4.75. The van der Waals surface area contributed by atoms with Gasteiger partial charge in [-0.05, 0) is 87.1 Å². The van der Waals surface area contributed by atoms with Crippen LogP contribution in [0.4, 0.5) is 11.4 Å². The first-order valence-corrected chi connectivity index (χ1v) is 11.9. The standard InChI is InChI=1S/C27H33N3O3/c1-17-9-11-22(16-18(17)2)30-14-13-23(27(30)33)26(32)29-24-12-10-20(15-19(24)3)25(31)28-21-7-5-4-6-8-21/h9-12,15-16,21,23H,4-8,13-14H2,1-3H3,(H,28,31)(H,29,32). The predicted molar refractivity (Wildman–Crippen MR) is 131 cm³/mol. The van der Waals surface area contributed by atoms with Crippen LogP contribution in [0, 0.1) is 26.7 Å². The van der Waals surface area contributed by atoms with Crippen molar-refractivity contribution >= 4 is 29.1 Å². The van der Waals surface area contributed by atoms with Gasteiger partial charge in [0.2, 0.25) is 11.8 Å². The second-order valence-electron chi connectivity index (χ2n) is 9.43. The third-order valence-corrected chi connectivity index (χ3v) is 7.01. The molecule has 1 saturated carbocycles.